The van der Waals surface area contributed by atoms with Crippen LogP contribution in [-0.2, 0) is 4.79 Å². The molecule has 3 N–H and O–H groups in total. The number of hydrogen-bond donors (Lipinski definition) is 3. The number of methoxy groups -OCH3 is 2. The number of carbonyl (C=O) groups is 1. The van der Waals surface area contributed by atoms with Gasteiger partial charge in [-0.25, -0.2) is 13.2 Å². The molecule has 5 rings (SSSR count). The molecule has 8 nitrogen and oxygen atoms in total. The molecule has 11 heteroatoms. The zero-order chi connectivity index (χ0) is 27.7. The average molecular weight is 542 g/mol. The highest BCUT2D eigenvalue weighted by molar-refractivity contribution is 5.89. The van der Waals surface area contributed by atoms with E-state index < -0.39 is 41.1 Å². The minimum atomic E-state index is -1.42. The number of alkyl halides is 1. The van der Waals surface area contributed by atoms with Crippen molar-refractivity contribution >= 4 is 22.5 Å². The maximum Gasteiger partial charge on any atom is 0.235 e. The highest BCUT2D eigenvalue weighted by Crippen LogP contribution is 2.49. The summed E-state index contributed by atoms with van der Waals surface area (Å²) >= 11 is 0. The number of pyridine rings is 1. The number of carbonyl (C=O) groups excluding carboxylic acids is 1. The third-order valence-electron chi connectivity index (χ3n) is 6.79. The fraction of sp³-hybridized carbons (Fsp3) is 0.286. The van der Waals surface area contributed by atoms with Gasteiger partial charge < -0.3 is 30.0 Å². The van der Waals surface area contributed by atoms with Crippen LogP contribution in [-0.4, -0.2) is 42.6 Å². The van der Waals surface area contributed by atoms with Crippen molar-refractivity contribution < 1.29 is 37.3 Å². The molecule has 0 radical (unpaired) electrons. The van der Waals surface area contributed by atoms with Gasteiger partial charge in [-0.3, -0.25) is 9.78 Å². The van der Waals surface area contributed by atoms with E-state index >= 15 is 8.78 Å². The van der Waals surface area contributed by atoms with Crippen molar-refractivity contribution in [2.75, 3.05) is 19.5 Å². The Bertz CT molecular complexity index is 1470. The van der Waals surface area contributed by atoms with Crippen molar-refractivity contribution in [1.29, 1.82) is 0 Å². The molecule has 2 aromatic carbocycles. The predicted molar refractivity (Wildman–Crippen MR) is 137 cm³/mol. The van der Waals surface area contributed by atoms with Crippen LogP contribution in [0.2, 0.25) is 0 Å². The number of amides is 1. The summed E-state index contributed by atoms with van der Waals surface area (Å²) < 4.78 is 59.6. The smallest absolute Gasteiger partial charge is 0.235 e. The largest absolute Gasteiger partial charge is 0.493 e. The van der Waals surface area contributed by atoms with Crippen LogP contribution in [0.25, 0.3) is 10.9 Å². The second kappa shape index (κ2) is 10.5. The summed E-state index contributed by atoms with van der Waals surface area (Å²) in [6, 6.07) is 6.61. The third-order valence-corrected chi connectivity index (χ3v) is 6.79. The van der Waals surface area contributed by atoms with E-state index in [1.807, 2.05) is 0 Å². The second-order valence-corrected chi connectivity index (χ2v) is 9.33. The molecule has 0 saturated heterocycles. The first-order valence-corrected chi connectivity index (χ1v) is 12.2. The Morgan fingerprint density at radius 1 is 1.10 bits per heavy atom. The van der Waals surface area contributed by atoms with Crippen molar-refractivity contribution in [3.63, 3.8) is 0 Å². The molecule has 2 unspecified atom stereocenters. The number of fused-ring (bicyclic) bond motifs is 1. The monoisotopic (exact) mass is 541 g/mol. The summed E-state index contributed by atoms with van der Waals surface area (Å²) in [5.74, 6) is -2.21. The highest BCUT2D eigenvalue weighted by Gasteiger charge is 2.56. The number of allylic oxidation sites excluding steroid dienone is 3. The van der Waals surface area contributed by atoms with Crippen LogP contribution >= 0.6 is 0 Å². The minimum absolute atomic E-state index is 0.0769. The van der Waals surface area contributed by atoms with Gasteiger partial charge in [0.2, 0.25) is 5.91 Å². The number of ether oxygens (including phenoxy) is 3. The van der Waals surface area contributed by atoms with Crippen LogP contribution in [0.5, 0.6) is 23.0 Å². The molecule has 0 bridgehead atoms. The number of aliphatic hydroxyl groups is 1. The Labute approximate surface area is 222 Å². The van der Waals surface area contributed by atoms with Gasteiger partial charge in [-0.05, 0) is 37.1 Å². The van der Waals surface area contributed by atoms with E-state index in [9.17, 15) is 14.3 Å². The first-order valence-electron chi connectivity index (χ1n) is 12.2. The summed E-state index contributed by atoms with van der Waals surface area (Å²) in [6.07, 6.45) is 4.14. The minimum Gasteiger partial charge on any atom is -0.493 e. The maximum absolute atomic E-state index is 15.1. The van der Waals surface area contributed by atoms with Crippen LogP contribution < -0.4 is 24.8 Å². The van der Waals surface area contributed by atoms with Crippen LogP contribution in [0.4, 0.5) is 18.9 Å². The maximum atomic E-state index is 15.1. The van der Waals surface area contributed by atoms with E-state index in [0.29, 0.717) is 40.9 Å². The molecule has 2 aliphatic carbocycles. The first-order chi connectivity index (χ1) is 18.7. The number of halogens is 3. The van der Waals surface area contributed by atoms with Gasteiger partial charge in [0.1, 0.15) is 18.1 Å². The molecule has 1 amide bonds. The quantitative estimate of drug-likeness (QED) is 0.323. The molecule has 3 aromatic rings. The summed E-state index contributed by atoms with van der Waals surface area (Å²) in [5, 5.41) is 16.5. The van der Waals surface area contributed by atoms with E-state index in [1.165, 1.54) is 38.6 Å². The lowest BCUT2D eigenvalue weighted by atomic mass is 10.0. The van der Waals surface area contributed by atoms with Gasteiger partial charge in [0, 0.05) is 47.6 Å². The van der Waals surface area contributed by atoms with E-state index in [0.717, 1.165) is 12.1 Å². The number of hydrogen-bond acceptors (Lipinski definition) is 7. The van der Waals surface area contributed by atoms with E-state index in [1.54, 1.807) is 18.2 Å². The fourth-order valence-electron chi connectivity index (χ4n) is 4.39. The number of nitrogens with one attached hydrogen (secondary N) is 2. The summed E-state index contributed by atoms with van der Waals surface area (Å²) in [5.41, 5.74) is -0.360. The number of aliphatic hydroxyl groups excluding tert-OH is 1. The normalized spacial score (nSPS) is 18.2. The van der Waals surface area contributed by atoms with Gasteiger partial charge in [0.25, 0.3) is 0 Å². The molecule has 204 valence electrons. The molecular formula is C28H26F3N3O5. The molecule has 2 atom stereocenters. The zero-order valence-electron chi connectivity index (χ0n) is 21.1. The van der Waals surface area contributed by atoms with Gasteiger partial charge in [-0.1, -0.05) is 6.08 Å². The highest BCUT2D eigenvalue weighted by atomic mass is 19.1. The topological polar surface area (TPSA) is 102 Å². The Kier molecular flexibility index (Phi) is 7.09. The second-order valence-electron chi connectivity index (χ2n) is 9.33. The Morgan fingerprint density at radius 3 is 2.41 bits per heavy atom. The number of aromatic nitrogens is 1. The van der Waals surface area contributed by atoms with Gasteiger partial charge in [-0.2, -0.15) is 0 Å². The van der Waals surface area contributed by atoms with Gasteiger partial charge in [0.15, 0.2) is 28.9 Å². The Morgan fingerprint density at radius 2 is 1.79 bits per heavy atom. The van der Waals surface area contributed by atoms with Crippen molar-refractivity contribution in [2.45, 2.75) is 31.7 Å². The summed E-state index contributed by atoms with van der Waals surface area (Å²) in [6.45, 7) is 0. The van der Waals surface area contributed by atoms with Crippen LogP contribution in [0.1, 0.15) is 19.3 Å². The third kappa shape index (κ3) is 5.22. The molecule has 2 aliphatic rings. The van der Waals surface area contributed by atoms with Gasteiger partial charge in [-0.15, -0.1) is 0 Å². The standard InChI is InChI=1S/C28H26F3N3O5/c1-37-23-13-18-21(14-24(23)38-2)32-10-7-22(18)39-25-19(30)11-17(12-20(25)31)34-27(36)28(8-9-28)26(35)33-16-5-3-15(29)4-6-16/h3,5-7,10-15,27,34,36H,4,8-9H2,1-2H3,(H,33,35). The number of benzene rings is 2. The summed E-state index contributed by atoms with van der Waals surface area (Å²) in [4.78, 5) is 17.1. The lowest BCUT2D eigenvalue weighted by molar-refractivity contribution is -0.129. The molecule has 0 aliphatic heterocycles. The van der Waals surface area contributed by atoms with E-state index in [-0.39, 0.29) is 17.9 Å². The molecule has 39 heavy (non-hydrogen) atoms. The lowest BCUT2D eigenvalue weighted by Gasteiger charge is -2.24. The fourth-order valence-corrected chi connectivity index (χ4v) is 4.39. The van der Waals surface area contributed by atoms with Crippen molar-refractivity contribution in [2.24, 2.45) is 5.41 Å². The summed E-state index contributed by atoms with van der Waals surface area (Å²) in [7, 11) is 2.94. The van der Waals surface area contributed by atoms with Crippen molar-refractivity contribution in [1.82, 2.24) is 10.3 Å². The average Bonchev–Trinajstić information content (AvgIpc) is 3.74. The molecular weight excluding hydrogens is 515 g/mol. The van der Waals surface area contributed by atoms with Crippen LogP contribution in [0.3, 0.4) is 0 Å². The lowest BCUT2D eigenvalue weighted by Crippen LogP contribution is -2.42. The van der Waals surface area contributed by atoms with Gasteiger partial charge in [0.05, 0.1) is 25.2 Å². The zero-order valence-corrected chi connectivity index (χ0v) is 21.1. The first kappa shape index (κ1) is 26.4. The van der Waals surface area contributed by atoms with E-state index in [2.05, 4.69) is 15.6 Å². The van der Waals surface area contributed by atoms with Crippen molar-refractivity contribution in [3.05, 3.63) is 72.1 Å². The Balaban J connectivity index is 1.33. The van der Waals surface area contributed by atoms with E-state index in [4.69, 9.17) is 14.2 Å². The molecule has 1 saturated carbocycles. The SMILES string of the molecule is COc1cc2nccc(Oc3c(F)cc(NC(O)C4(C(=O)NC5=CCC(F)C=C5)CC4)cc3F)c2cc1OC. The molecule has 0 spiro atoms. The predicted octanol–water partition coefficient (Wildman–Crippen LogP) is 5.13. The number of nitrogens with zero attached hydrogens (tertiary/aromatic N) is 1. The van der Waals surface area contributed by atoms with Crippen LogP contribution in [0.15, 0.2) is 60.5 Å². The van der Waals surface area contributed by atoms with Crippen LogP contribution in [0, 0.1) is 17.0 Å². The number of rotatable bonds is 9. The Hall–Kier alpha value is -4.25. The molecule has 1 heterocycles. The van der Waals surface area contributed by atoms with Crippen molar-refractivity contribution in [3.8, 4) is 23.0 Å². The van der Waals surface area contributed by atoms with Gasteiger partial charge >= 0.3 is 0 Å². The number of anilines is 1. The molecule has 1 fully saturated rings. The molecule has 1 aromatic heterocycles.